The van der Waals surface area contributed by atoms with Gasteiger partial charge < -0.3 is 9.64 Å². The molecule has 0 aliphatic carbocycles. The summed E-state index contributed by atoms with van der Waals surface area (Å²) in [6.45, 7) is 12.7. The smallest absolute Gasteiger partial charge is 0.254 e. The number of rotatable bonds is 7. The number of carbonyl (C=O) groups is 1. The number of hydrogen-bond donors (Lipinski definition) is 0. The molecule has 0 N–H and O–H groups in total. The predicted octanol–water partition coefficient (Wildman–Crippen LogP) is 3.84. The summed E-state index contributed by atoms with van der Waals surface area (Å²) in [6.07, 6.45) is 0. The lowest BCUT2D eigenvalue weighted by molar-refractivity contribution is 0.0714. The van der Waals surface area contributed by atoms with Crippen LogP contribution >= 0.6 is 0 Å². The van der Waals surface area contributed by atoms with Crippen molar-refractivity contribution in [2.75, 3.05) is 19.7 Å². The Morgan fingerprint density at radius 3 is 2.25 bits per heavy atom. The van der Waals surface area contributed by atoms with Gasteiger partial charge in [-0.2, -0.15) is 0 Å². The highest BCUT2D eigenvalue weighted by atomic mass is 16.5. The summed E-state index contributed by atoms with van der Waals surface area (Å²) in [5, 5.41) is 0. The summed E-state index contributed by atoms with van der Waals surface area (Å²) in [5.41, 5.74) is 0.706. The highest BCUT2D eigenvalue weighted by Gasteiger charge is 2.18. The fraction of sp³-hybridized carbons (Fsp3) is 0.588. The van der Waals surface area contributed by atoms with Crippen molar-refractivity contribution in [1.82, 2.24) is 4.90 Å². The monoisotopic (exact) mass is 277 g/mol. The van der Waals surface area contributed by atoms with Crippen molar-refractivity contribution < 1.29 is 9.53 Å². The van der Waals surface area contributed by atoms with Crippen LogP contribution in [0.3, 0.4) is 0 Å². The first-order valence-electron chi connectivity index (χ1n) is 7.46. The topological polar surface area (TPSA) is 29.5 Å². The maximum absolute atomic E-state index is 12.6. The van der Waals surface area contributed by atoms with Crippen molar-refractivity contribution in [2.45, 2.75) is 34.6 Å². The van der Waals surface area contributed by atoms with E-state index >= 15 is 0 Å². The number of hydrogen-bond acceptors (Lipinski definition) is 2. The van der Waals surface area contributed by atoms with E-state index in [1.165, 1.54) is 0 Å². The molecule has 0 spiro atoms. The number of ether oxygens (including phenoxy) is 1. The number of carbonyl (C=O) groups excluding carboxylic acids is 1. The summed E-state index contributed by atoms with van der Waals surface area (Å²) in [4.78, 5) is 14.6. The van der Waals surface area contributed by atoms with Gasteiger partial charge in [0.1, 0.15) is 5.75 Å². The molecule has 3 heteroatoms. The molecule has 0 aromatic heterocycles. The lowest BCUT2D eigenvalue weighted by Gasteiger charge is -2.26. The maximum atomic E-state index is 12.6. The molecule has 0 heterocycles. The van der Waals surface area contributed by atoms with E-state index in [9.17, 15) is 4.79 Å². The van der Waals surface area contributed by atoms with Crippen LogP contribution in [0.25, 0.3) is 0 Å². The summed E-state index contributed by atoms with van der Waals surface area (Å²) >= 11 is 0. The normalized spacial score (nSPS) is 10.9. The van der Waals surface area contributed by atoms with Crippen molar-refractivity contribution in [3.63, 3.8) is 0 Å². The van der Waals surface area contributed by atoms with Gasteiger partial charge in [-0.15, -0.1) is 0 Å². The molecular weight excluding hydrogens is 250 g/mol. The van der Waals surface area contributed by atoms with E-state index < -0.39 is 0 Å². The molecule has 0 fully saturated rings. The highest BCUT2D eigenvalue weighted by molar-refractivity contribution is 5.94. The van der Waals surface area contributed by atoms with E-state index in [2.05, 4.69) is 27.7 Å². The van der Waals surface area contributed by atoms with Crippen LogP contribution in [0.2, 0.25) is 0 Å². The maximum Gasteiger partial charge on any atom is 0.254 e. The minimum Gasteiger partial charge on any atom is -0.494 e. The van der Waals surface area contributed by atoms with Crippen molar-refractivity contribution in [3.05, 3.63) is 29.8 Å². The van der Waals surface area contributed by atoms with Gasteiger partial charge in [0.05, 0.1) is 6.61 Å². The largest absolute Gasteiger partial charge is 0.494 e. The fourth-order valence-electron chi connectivity index (χ4n) is 2.19. The van der Waals surface area contributed by atoms with E-state index in [0.29, 0.717) is 24.0 Å². The van der Waals surface area contributed by atoms with E-state index in [1.807, 2.05) is 36.1 Å². The van der Waals surface area contributed by atoms with Gasteiger partial charge >= 0.3 is 0 Å². The molecule has 0 bridgehead atoms. The first-order valence-corrected chi connectivity index (χ1v) is 7.46. The van der Waals surface area contributed by atoms with E-state index in [4.69, 9.17) is 4.74 Å². The second-order valence-corrected chi connectivity index (χ2v) is 5.96. The molecule has 0 saturated heterocycles. The summed E-state index contributed by atoms with van der Waals surface area (Å²) in [6, 6.07) is 7.45. The van der Waals surface area contributed by atoms with Crippen molar-refractivity contribution in [2.24, 2.45) is 11.8 Å². The average Bonchev–Trinajstić information content (AvgIpc) is 2.37. The molecule has 112 valence electrons. The van der Waals surface area contributed by atoms with Crippen molar-refractivity contribution >= 4 is 5.91 Å². The Labute approximate surface area is 122 Å². The summed E-state index contributed by atoms with van der Waals surface area (Å²) < 4.78 is 5.47. The first kappa shape index (κ1) is 16.5. The Morgan fingerprint density at radius 1 is 1.15 bits per heavy atom. The number of nitrogens with zero attached hydrogens (tertiary/aromatic N) is 1. The summed E-state index contributed by atoms with van der Waals surface area (Å²) in [5.74, 6) is 1.78. The van der Waals surface area contributed by atoms with E-state index in [0.717, 1.165) is 18.8 Å². The molecule has 1 aromatic rings. The minimum absolute atomic E-state index is 0.0916. The molecule has 0 aliphatic heterocycles. The fourth-order valence-corrected chi connectivity index (χ4v) is 2.19. The average molecular weight is 277 g/mol. The molecule has 3 nitrogen and oxygen atoms in total. The molecule has 20 heavy (non-hydrogen) atoms. The van der Waals surface area contributed by atoms with Gasteiger partial charge in [0.2, 0.25) is 0 Å². The zero-order chi connectivity index (χ0) is 15.1. The number of benzene rings is 1. The molecule has 0 unspecified atom stereocenters. The van der Waals surface area contributed by atoms with Crippen LogP contribution in [0.15, 0.2) is 24.3 Å². The standard InChI is InChI=1S/C17H27NO2/c1-6-20-16-9-7-8-15(10-16)17(19)18(11-13(2)3)12-14(4)5/h7-10,13-14H,6,11-12H2,1-5H3. The lowest BCUT2D eigenvalue weighted by Crippen LogP contribution is -2.37. The van der Waals surface area contributed by atoms with Crippen LogP contribution < -0.4 is 4.74 Å². The Bertz CT molecular complexity index is 417. The van der Waals surface area contributed by atoms with Crippen LogP contribution in [0, 0.1) is 11.8 Å². The van der Waals surface area contributed by atoms with Crippen LogP contribution in [-0.2, 0) is 0 Å². The third kappa shape index (κ3) is 5.24. The SMILES string of the molecule is CCOc1cccc(C(=O)N(CC(C)C)CC(C)C)c1. The van der Waals surface area contributed by atoms with Crippen molar-refractivity contribution in [3.8, 4) is 5.75 Å². The molecule has 0 atom stereocenters. The van der Waals surface area contributed by atoms with Gasteiger partial charge in [-0.05, 0) is 37.0 Å². The Kier molecular flexibility index (Phi) is 6.56. The Hall–Kier alpha value is -1.51. The zero-order valence-corrected chi connectivity index (χ0v) is 13.3. The van der Waals surface area contributed by atoms with Crippen molar-refractivity contribution in [1.29, 1.82) is 0 Å². The molecule has 1 amide bonds. The van der Waals surface area contributed by atoms with Gasteiger partial charge in [0.25, 0.3) is 5.91 Å². The third-order valence-electron chi connectivity index (χ3n) is 2.85. The van der Waals surface area contributed by atoms with E-state index in [-0.39, 0.29) is 5.91 Å². The molecule has 0 aliphatic rings. The summed E-state index contributed by atoms with van der Waals surface area (Å²) in [7, 11) is 0. The molecule has 0 radical (unpaired) electrons. The quantitative estimate of drug-likeness (QED) is 0.758. The van der Waals surface area contributed by atoms with Gasteiger partial charge in [-0.25, -0.2) is 0 Å². The number of amides is 1. The van der Waals surface area contributed by atoms with Crippen LogP contribution in [0.5, 0.6) is 5.75 Å². The van der Waals surface area contributed by atoms with E-state index in [1.54, 1.807) is 0 Å². The third-order valence-corrected chi connectivity index (χ3v) is 2.85. The van der Waals surface area contributed by atoms with Gasteiger partial charge in [-0.3, -0.25) is 4.79 Å². The minimum atomic E-state index is 0.0916. The molecule has 0 saturated carbocycles. The van der Waals surface area contributed by atoms with Crippen LogP contribution in [0.1, 0.15) is 45.0 Å². The van der Waals surface area contributed by atoms with Gasteiger partial charge in [-0.1, -0.05) is 33.8 Å². The van der Waals surface area contributed by atoms with Gasteiger partial charge in [0, 0.05) is 18.7 Å². The first-order chi connectivity index (χ1) is 9.43. The molecule has 1 rings (SSSR count). The predicted molar refractivity (Wildman–Crippen MR) is 83.2 cm³/mol. The molecular formula is C17H27NO2. The second kappa shape index (κ2) is 7.93. The van der Waals surface area contributed by atoms with Gasteiger partial charge in [0.15, 0.2) is 0 Å². The van der Waals surface area contributed by atoms with Crippen LogP contribution in [-0.4, -0.2) is 30.5 Å². The lowest BCUT2D eigenvalue weighted by atomic mass is 10.1. The highest BCUT2D eigenvalue weighted by Crippen LogP contribution is 2.16. The zero-order valence-electron chi connectivity index (χ0n) is 13.3. The second-order valence-electron chi connectivity index (χ2n) is 5.96. The Balaban J connectivity index is 2.89. The van der Waals surface area contributed by atoms with Crippen LogP contribution in [0.4, 0.5) is 0 Å². The Morgan fingerprint density at radius 2 is 1.75 bits per heavy atom. The molecule has 1 aromatic carbocycles.